The van der Waals surface area contributed by atoms with Crippen LogP contribution in [0.2, 0.25) is 0 Å². The van der Waals surface area contributed by atoms with Gasteiger partial charge < -0.3 is 9.80 Å². The Morgan fingerprint density at radius 1 is 0.250 bits per heavy atom. The molecule has 0 aromatic heterocycles. The fraction of sp³-hybridized carbons (Fsp3) is 0.207. The van der Waals surface area contributed by atoms with Gasteiger partial charge >= 0.3 is 0 Å². The lowest BCUT2D eigenvalue weighted by Crippen LogP contribution is -2.31. The summed E-state index contributed by atoms with van der Waals surface area (Å²) in [7, 11) is 0. The van der Waals surface area contributed by atoms with E-state index in [2.05, 4.69) is 223 Å². The van der Waals surface area contributed by atoms with Crippen molar-refractivity contribution in [2.75, 3.05) is 9.80 Å². The topological polar surface area (TPSA) is 6.48 Å². The van der Waals surface area contributed by atoms with Crippen LogP contribution >= 0.6 is 0 Å². The largest absolute Gasteiger partial charge is 0.309 e. The molecule has 8 aromatic rings. The minimum absolute atomic E-state index is 0.113. The lowest BCUT2D eigenvalue weighted by molar-refractivity contribution is 0.627. The smallest absolute Gasteiger partial charge is 0.0541 e. The monoisotopic (exact) mass is 774 g/mol. The van der Waals surface area contributed by atoms with Gasteiger partial charge in [0.1, 0.15) is 0 Å². The third-order valence-corrected chi connectivity index (χ3v) is 15.2. The molecule has 2 aliphatic carbocycles. The molecular formula is C58H50N2. The van der Waals surface area contributed by atoms with Gasteiger partial charge in [-0.2, -0.15) is 0 Å². The zero-order valence-corrected chi connectivity index (χ0v) is 35.9. The van der Waals surface area contributed by atoms with Crippen LogP contribution in [0.25, 0.3) is 33.0 Å². The van der Waals surface area contributed by atoms with Crippen molar-refractivity contribution >= 4 is 44.9 Å². The molecule has 60 heavy (non-hydrogen) atoms. The van der Waals surface area contributed by atoms with E-state index < -0.39 is 0 Å². The Balaban J connectivity index is 1.11. The molecule has 0 saturated carbocycles. The van der Waals surface area contributed by atoms with Crippen LogP contribution in [0, 0.1) is 0 Å². The summed E-state index contributed by atoms with van der Waals surface area (Å²) >= 11 is 0. The zero-order chi connectivity index (χ0) is 41.1. The average Bonchev–Trinajstić information content (AvgIpc) is 3.62. The maximum absolute atomic E-state index is 2.58. The van der Waals surface area contributed by atoms with E-state index in [1.54, 1.807) is 0 Å². The molecule has 0 radical (unpaired) electrons. The summed E-state index contributed by atoms with van der Waals surface area (Å²) in [4.78, 5) is 5.16. The van der Waals surface area contributed by atoms with Crippen LogP contribution in [-0.2, 0) is 21.7 Å². The first kappa shape index (κ1) is 35.6. The Kier molecular flexibility index (Phi) is 6.91. The first-order valence-electron chi connectivity index (χ1n) is 21.7. The summed E-state index contributed by atoms with van der Waals surface area (Å²) in [6.45, 7) is 19.2. The van der Waals surface area contributed by atoms with Gasteiger partial charge in [-0.15, -0.1) is 0 Å². The highest BCUT2D eigenvalue weighted by atomic mass is 15.2. The molecule has 0 amide bonds. The predicted molar refractivity (Wildman–Crippen MR) is 253 cm³/mol. The van der Waals surface area contributed by atoms with Crippen molar-refractivity contribution in [1.82, 2.24) is 0 Å². The minimum Gasteiger partial charge on any atom is -0.309 e. The maximum Gasteiger partial charge on any atom is 0.0541 e. The molecule has 0 bridgehead atoms. The highest BCUT2D eigenvalue weighted by molar-refractivity contribution is 6.09. The highest BCUT2D eigenvalue weighted by Crippen LogP contribution is 2.61. The van der Waals surface area contributed by atoms with E-state index in [0.29, 0.717) is 0 Å². The van der Waals surface area contributed by atoms with E-state index in [0.717, 1.165) is 0 Å². The Morgan fingerprint density at radius 2 is 0.583 bits per heavy atom. The van der Waals surface area contributed by atoms with Gasteiger partial charge in [0, 0.05) is 32.4 Å². The van der Waals surface area contributed by atoms with Crippen LogP contribution in [0.5, 0.6) is 0 Å². The molecule has 292 valence electrons. The van der Waals surface area contributed by atoms with Crippen molar-refractivity contribution < 1.29 is 0 Å². The first-order chi connectivity index (χ1) is 28.8. The van der Waals surface area contributed by atoms with E-state index >= 15 is 0 Å². The fourth-order valence-electron chi connectivity index (χ4n) is 12.0. The number of hydrogen-bond donors (Lipinski definition) is 0. The van der Waals surface area contributed by atoms with Gasteiger partial charge in [-0.05, 0) is 115 Å². The number of benzene rings is 8. The SMILES string of the molecule is CC1(C)c2ccccc2-c2cc3c(cc21)N(c1cccc2c(N4c5ccccc5C(C)(C)c5cc6c(cc54)C(C)(C)c4ccccc4-6)cccc12)c1ccccc1C3(C)C. The molecule has 8 aromatic carbocycles. The summed E-state index contributed by atoms with van der Waals surface area (Å²) < 4.78 is 0. The van der Waals surface area contributed by atoms with E-state index in [4.69, 9.17) is 0 Å². The van der Waals surface area contributed by atoms with Gasteiger partial charge in [-0.25, -0.2) is 0 Å². The molecule has 0 N–H and O–H groups in total. The number of nitrogens with zero attached hydrogens (tertiary/aromatic N) is 2. The van der Waals surface area contributed by atoms with Crippen LogP contribution in [-0.4, -0.2) is 0 Å². The number of rotatable bonds is 2. The molecule has 0 spiro atoms. The van der Waals surface area contributed by atoms with Crippen molar-refractivity contribution in [1.29, 1.82) is 0 Å². The molecule has 2 aliphatic heterocycles. The summed E-state index contributed by atoms with van der Waals surface area (Å²) in [6, 6.07) is 60.3. The van der Waals surface area contributed by atoms with E-state index in [9.17, 15) is 0 Å². The molecule has 0 fully saturated rings. The quantitative estimate of drug-likeness (QED) is 0.173. The predicted octanol–water partition coefficient (Wildman–Crippen LogP) is 15.7. The summed E-state index contributed by atoms with van der Waals surface area (Å²) in [6.07, 6.45) is 0. The molecule has 0 unspecified atom stereocenters. The van der Waals surface area contributed by atoms with Crippen LogP contribution < -0.4 is 9.80 Å². The third kappa shape index (κ3) is 4.39. The van der Waals surface area contributed by atoms with Crippen molar-refractivity contribution in [3.63, 3.8) is 0 Å². The molecule has 2 heteroatoms. The van der Waals surface area contributed by atoms with Crippen LogP contribution in [0.3, 0.4) is 0 Å². The van der Waals surface area contributed by atoms with E-state index in [1.165, 1.54) is 112 Å². The average molecular weight is 775 g/mol. The van der Waals surface area contributed by atoms with Crippen molar-refractivity contribution in [2.45, 2.75) is 77.0 Å². The number of hydrogen-bond acceptors (Lipinski definition) is 2. The zero-order valence-electron chi connectivity index (χ0n) is 35.9. The molecule has 0 atom stereocenters. The molecule has 12 rings (SSSR count). The van der Waals surface area contributed by atoms with Crippen LogP contribution in [0.1, 0.15) is 99.9 Å². The Bertz CT molecular complexity index is 2960. The van der Waals surface area contributed by atoms with Crippen molar-refractivity contribution in [3.8, 4) is 22.3 Å². The highest BCUT2D eigenvalue weighted by Gasteiger charge is 2.44. The number of fused-ring (bicyclic) bond motifs is 11. The van der Waals surface area contributed by atoms with Gasteiger partial charge in [0.05, 0.1) is 34.1 Å². The standard InChI is InChI=1S/C58H50N2/c1-55(2)41-23-11-9-19-35(41)39-31-47-53(33-45(39)55)59(51-27-15-13-25-43(51)57(47,5)6)49-29-17-22-38-37(49)21-18-30-50(38)60-52-28-16-14-26-44(52)58(7,8)48-32-40-36-20-10-12-24-42(36)56(3,4)46(40)34-54(48)60/h9-34H,1-8H3. The van der Waals surface area contributed by atoms with E-state index in [1.807, 2.05) is 0 Å². The van der Waals surface area contributed by atoms with Crippen molar-refractivity contribution in [3.05, 3.63) is 202 Å². The van der Waals surface area contributed by atoms with Crippen LogP contribution in [0.15, 0.2) is 158 Å². The molecular weight excluding hydrogens is 725 g/mol. The maximum atomic E-state index is 2.58. The fourth-order valence-corrected chi connectivity index (χ4v) is 12.0. The van der Waals surface area contributed by atoms with Crippen molar-refractivity contribution in [2.24, 2.45) is 0 Å². The van der Waals surface area contributed by atoms with Gasteiger partial charge in [0.25, 0.3) is 0 Å². The second-order valence-corrected chi connectivity index (χ2v) is 19.8. The van der Waals surface area contributed by atoms with Crippen LogP contribution in [0.4, 0.5) is 34.1 Å². The second kappa shape index (κ2) is 11.7. The Labute approximate surface area is 354 Å². The third-order valence-electron chi connectivity index (χ3n) is 15.2. The lowest BCUT2D eigenvalue weighted by Gasteiger charge is -2.44. The normalized spacial score (nSPS) is 17.5. The molecule has 2 nitrogen and oxygen atoms in total. The summed E-state index contributed by atoms with van der Waals surface area (Å²) in [5.74, 6) is 0. The lowest BCUT2D eigenvalue weighted by atomic mass is 9.71. The van der Waals surface area contributed by atoms with Gasteiger partial charge in [0.15, 0.2) is 0 Å². The minimum atomic E-state index is -0.198. The summed E-state index contributed by atoms with van der Waals surface area (Å²) in [5, 5.41) is 2.47. The Hall–Kier alpha value is -6.38. The second-order valence-electron chi connectivity index (χ2n) is 19.8. The number of anilines is 6. The van der Waals surface area contributed by atoms with Gasteiger partial charge in [0.2, 0.25) is 0 Å². The molecule has 4 aliphatic rings. The summed E-state index contributed by atoms with van der Waals surface area (Å²) in [5.41, 5.74) is 23.3. The molecule has 0 saturated heterocycles. The van der Waals surface area contributed by atoms with E-state index in [-0.39, 0.29) is 21.7 Å². The first-order valence-corrected chi connectivity index (χ1v) is 21.7. The Morgan fingerprint density at radius 3 is 1.00 bits per heavy atom. The molecule has 2 heterocycles. The number of para-hydroxylation sites is 2. The van der Waals surface area contributed by atoms with Gasteiger partial charge in [-0.3, -0.25) is 0 Å². The van der Waals surface area contributed by atoms with Gasteiger partial charge in [-0.1, -0.05) is 165 Å².